The SMILES string of the molecule is CN1CCc2c(cc(Nc3ncc4ccnc(N5CCCCCC5)c4n3)c(=O)n2C)C1. The average Bonchev–Trinajstić information content (AvgIpc) is 3.06. The third-order valence-electron chi connectivity index (χ3n) is 6.43. The van der Waals surface area contributed by atoms with Crippen molar-refractivity contribution in [3.63, 3.8) is 0 Å². The lowest BCUT2D eigenvalue weighted by atomic mass is 10.1. The Morgan fingerprint density at radius 2 is 1.84 bits per heavy atom. The number of nitrogens with one attached hydrogen (secondary N) is 1. The first kappa shape index (κ1) is 19.9. The summed E-state index contributed by atoms with van der Waals surface area (Å²) in [6, 6.07) is 3.90. The van der Waals surface area contributed by atoms with Gasteiger partial charge in [0.1, 0.15) is 11.2 Å². The molecule has 1 N–H and O–H groups in total. The first-order chi connectivity index (χ1) is 15.1. The molecule has 3 aromatic heterocycles. The third-order valence-corrected chi connectivity index (χ3v) is 6.43. The Bertz CT molecular complexity index is 1160. The summed E-state index contributed by atoms with van der Waals surface area (Å²) in [6.45, 7) is 3.79. The number of likely N-dealkylation sites (N-methyl/N-ethyl adjacent to an activating group) is 1. The Hall–Kier alpha value is -3.00. The molecule has 1 saturated heterocycles. The maximum absolute atomic E-state index is 13.0. The van der Waals surface area contributed by atoms with Crippen LogP contribution in [0.3, 0.4) is 0 Å². The second-order valence-corrected chi connectivity index (χ2v) is 8.67. The summed E-state index contributed by atoms with van der Waals surface area (Å²) in [5, 5.41) is 4.15. The quantitative estimate of drug-likeness (QED) is 0.699. The van der Waals surface area contributed by atoms with E-state index in [1.165, 1.54) is 31.2 Å². The van der Waals surface area contributed by atoms with Crippen molar-refractivity contribution in [2.75, 3.05) is 36.9 Å². The van der Waals surface area contributed by atoms with E-state index in [-0.39, 0.29) is 5.56 Å². The Morgan fingerprint density at radius 3 is 2.65 bits per heavy atom. The van der Waals surface area contributed by atoms with Gasteiger partial charge in [-0.25, -0.2) is 15.0 Å². The molecule has 2 aliphatic heterocycles. The number of rotatable bonds is 3. The Kier molecular flexibility index (Phi) is 5.31. The van der Waals surface area contributed by atoms with E-state index >= 15 is 0 Å². The minimum Gasteiger partial charge on any atom is -0.355 e. The summed E-state index contributed by atoms with van der Waals surface area (Å²) >= 11 is 0. The molecule has 2 aliphatic rings. The Labute approximate surface area is 181 Å². The number of aromatic nitrogens is 4. The molecule has 5 heterocycles. The van der Waals surface area contributed by atoms with Gasteiger partial charge >= 0.3 is 0 Å². The van der Waals surface area contributed by atoms with Crippen LogP contribution in [0.25, 0.3) is 10.9 Å². The number of anilines is 3. The van der Waals surface area contributed by atoms with Gasteiger partial charge in [0, 0.05) is 63.1 Å². The van der Waals surface area contributed by atoms with E-state index in [0.29, 0.717) is 11.6 Å². The van der Waals surface area contributed by atoms with E-state index in [1.54, 1.807) is 4.57 Å². The van der Waals surface area contributed by atoms with E-state index in [4.69, 9.17) is 4.98 Å². The fraction of sp³-hybridized carbons (Fsp3) is 0.478. The third kappa shape index (κ3) is 3.87. The Morgan fingerprint density at radius 1 is 1.03 bits per heavy atom. The van der Waals surface area contributed by atoms with Crippen LogP contribution in [-0.4, -0.2) is 51.1 Å². The number of hydrogen-bond donors (Lipinski definition) is 1. The van der Waals surface area contributed by atoms with Crippen molar-refractivity contribution in [2.24, 2.45) is 7.05 Å². The van der Waals surface area contributed by atoms with Gasteiger partial charge in [-0.1, -0.05) is 12.8 Å². The van der Waals surface area contributed by atoms with Crippen LogP contribution in [0.5, 0.6) is 0 Å². The fourth-order valence-corrected chi connectivity index (χ4v) is 4.70. The van der Waals surface area contributed by atoms with Crippen molar-refractivity contribution in [2.45, 2.75) is 38.6 Å². The maximum Gasteiger partial charge on any atom is 0.274 e. The first-order valence-electron chi connectivity index (χ1n) is 11.1. The van der Waals surface area contributed by atoms with E-state index in [0.717, 1.165) is 55.0 Å². The average molecular weight is 420 g/mol. The zero-order valence-electron chi connectivity index (χ0n) is 18.3. The monoisotopic (exact) mass is 419 g/mol. The molecule has 0 unspecified atom stereocenters. The van der Waals surface area contributed by atoms with E-state index in [1.807, 2.05) is 31.6 Å². The molecule has 3 aromatic rings. The van der Waals surface area contributed by atoms with E-state index in [2.05, 4.69) is 32.1 Å². The molecule has 8 nitrogen and oxygen atoms in total. The van der Waals surface area contributed by atoms with Gasteiger partial charge in [0.05, 0.1) is 0 Å². The normalized spacial score (nSPS) is 17.4. The van der Waals surface area contributed by atoms with Crippen molar-refractivity contribution >= 4 is 28.4 Å². The van der Waals surface area contributed by atoms with Crippen LogP contribution in [-0.2, 0) is 20.0 Å². The molecule has 0 aliphatic carbocycles. The first-order valence-corrected chi connectivity index (χ1v) is 11.1. The van der Waals surface area contributed by atoms with Gasteiger partial charge in [0.25, 0.3) is 5.56 Å². The molecular weight excluding hydrogens is 390 g/mol. The van der Waals surface area contributed by atoms with Crippen molar-refractivity contribution in [1.29, 1.82) is 0 Å². The van der Waals surface area contributed by atoms with Gasteiger partial charge in [0.15, 0.2) is 5.82 Å². The number of fused-ring (bicyclic) bond motifs is 2. The molecule has 0 aromatic carbocycles. The summed E-state index contributed by atoms with van der Waals surface area (Å²) in [7, 11) is 3.95. The standard InChI is InChI=1S/C23H29N7O/c1-28-12-8-19-17(15-28)13-18(22(31)29(19)2)26-23-25-14-16-7-9-24-21(20(16)27-23)30-10-5-3-4-6-11-30/h7,9,13-14H,3-6,8,10-12,15H2,1-2H3,(H,25,26,27). The molecular formula is C23H29N7O. The van der Waals surface area contributed by atoms with Crippen LogP contribution in [0.15, 0.2) is 29.3 Å². The molecule has 0 amide bonds. The van der Waals surface area contributed by atoms with Gasteiger partial charge in [-0.2, -0.15) is 0 Å². The van der Waals surface area contributed by atoms with Crippen LogP contribution < -0.4 is 15.8 Å². The van der Waals surface area contributed by atoms with Crippen LogP contribution in [0.4, 0.5) is 17.5 Å². The number of hydrogen-bond acceptors (Lipinski definition) is 7. The molecule has 0 saturated carbocycles. The lowest BCUT2D eigenvalue weighted by Gasteiger charge is -2.27. The molecule has 0 bridgehead atoms. The number of nitrogens with zero attached hydrogens (tertiary/aromatic N) is 6. The highest BCUT2D eigenvalue weighted by atomic mass is 16.1. The maximum atomic E-state index is 13.0. The molecule has 31 heavy (non-hydrogen) atoms. The van der Waals surface area contributed by atoms with Gasteiger partial charge < -0.3 is 19.7 Å². The van der Waals surface area contributed by atoms with Crippen LogP contribution in [0.1, 0.15) is 36.9 Å². The highest BCUT2D eigenvalue weighted by Crippen LogP contribution is 2.26. The van der Waals surface area contributed by atoms with Crippen molar-refractivity contribution in [3.05, 3.63) is 46.1 Å². The summed E-state index contributed by atoms with van der Waals surface area (Å²) in [5.74, 6) is 1.34. The Balaban J connectivity index is 1.51. The van der Waals surface area contributed by atoms with Gasteiger partial charge in [0.2, 0.25) is 5.95 Å². The molecule has 0 spiro atoms. The number of pyridine rings is 2. The summed E-state index contributed by atoms with van der Waals surface area (Å²) in [4.78, 5) is 31.5. The molecule has 8 heteroatoms. The summed E-state index contributed by atoms with van der Waals surface area (Å²) < 4.78 is 1.76. The van der Waals surface area contributed by atoms with Crippen LogP contribution in [0, 0.1) is 0 Å². The minimum absolute atomic E-state index is 0.0501. The predicted octanol–water partition coefficient (Wildman–Crippen LogP) is 2.84. The van der Waals surface area contributed by atoms with Crippen molar-refractivity contribution < 1.29 is 0 Å². The molecule has 5 rings (SSSR count). The predicted molar refractivity (Wildman–Crippen MR) is 123 cm³/mol. The molecule has 1 fully saturated rings. The van der Waals surface area contributed by atoms with Gasteiger partial charge in [-0.3, -0.25) is 4.79 Å². The lowest BCUT2D eigenvalue weighted by Crippen LogP contribution is -2.33. The highest BCUT2D eigenvalue weighted by molar-refractivity contribution is 5.88. The molecule has 162 valence electrons. The van der Waals surface area contributed by atoms with E-state index in [9.17, 15) is 4.79 Å². The van der Waals surface area contributed by atoms with Crippen LogP contribution >= 0.6 is 0 Å². The van der Waals surface area contributed by atoms with Crippen molar-refractivity contribution in [3.8, 4) is 0 Å². The zero-order valence-corrected chi connectivity index (χ0v) is 18.3. The zero-order chi connectivity index (χ0) is 21.4. The van der Waals surface area contributed by atoms with Gasteiger partial charge in [-0.05, 0) is 37.6 Å². The second-order valence-electron chi connectivity index (χ2n) is 8.67. The highest BCUT2D eigenvalue weighted by Gasteiger charge is 2.20. The fourth-order valence-electron chi connectivity index (χ4n) is 4.70. The summed E-state index contributed by atoms with van der Waals surface area (Å²) in [6.07, 6.45) is 9.40. The largest absolute Gasteiger partial charge is 0.355 e. The molecule has 0 radical (unpaired) electrons. The smallest absolute Gasteiger partial charge is 0.274 e. The van der Waals surface area contributed by atoms with Crippen molar-refractivity contribution in [1.82, 2.24) is 24.4 Å². The molecule has 0 atom stereocenters. The minimum atomic E-state index is -0.0501. The van der Waals surface area contributed by atoms with Gasteiger partial charge in [-0.15, -0.1) is 0 Å². The van der Waals surface area contributed by atoms with Crippen LogP contribution in [0.2, 0.25) is 0 Å². The second kappa shape index (κ2) is 8.26. The lowest BCUT2D eigenvalue weighted by molar-refractivity contribution is 0.306. The topological polar surface area (TPSA) is 79.2 Å². The van der Waals surface area contributed by atoms with E-state index < -0.39 is 0 Å². The summed E-state index contributed by atoms with van der Waals surface area (Å²) in [5.41, 5.74) is 3.57.